The van der Waals surface area contributed by atoms with Gasteiger partial charge in [-0.2, -0.15) is 0 Å². The highest BCUT2D eigenvalue weighted by Crippen LogP contribution is 2.43. The second-order valence-corrected chi connectivity index (χ2v) is 7.69. The lowest BCUT2D eigenvalue weighted by molar-refractivity contribution is -0.127. The molecule has 0 bridgehead atoms. The van der Waals surface area contributed by atoms with Crippen molar-refractivity contribution in [1.82, 2.24) is 19.9 Å². The Morgan fingerprint density at radius 1 is 1.16 bits per heavy atom. The molecule has 1 spiro atoms. The van der Waals surface area contributed by atoms with E-state index in [-0.39, 0.29) is 17.2 Å². The minimum Gasteiger partial charge on any atom is -0.337 e. The minimum absolute atomic E-state index is 0.0297. The molecule has 0 unspecified atom stereocenters. The van der Waals surface area contributed by atoms with Crippen LogP contribution in [0.3, 0.4) is 0 Å². The van der Waals surface area contributed by atoms with E-state index in [1.807, 2.05) is 11.8 Å². The van der Waals surface area contributed by atoms with Crippen LogP contribution in [-0.4, -0.2) is 51.3 Å². The van der Waals surface area contributed by atoms with Gasteiger partial charge in [0, 0.05) is 25.0 Å². The second-order valence-electron chi connectivity index (χ2n) is 6.63. The Balaban J connectivity index is 1.45. The van der Waals surface area contributed by atoms with Crippen molar-refractivity contribution < 1.29 is 9.59 Å². The van der Waals surface area contributed by atoms with Gasteiger partial charge in [-0.1, -0.05) is 0 Å². The molecule has 130 valence electrons. The molecule has 2 aliphatic heterocycles. The first kappa shape index (κ1) is 16.1. The standard InChI is InChI=1S/C17H19N5O2S/c1-12-20-14(10-25-12)15(23)21-5-2-17(3-6-21)4-7-22(16(17)24)13-8-18-11-19-9-13/h8-11H,2-7H2,1H3. The first-order valence-electron chi connectivity index (χ1n) is 8.37. The third kappa shape index (κ3) is 2.80. The molecule has 2 aromatic heterocycles. The quantitative estimate of drug-likeness (QED) is 0.820. The van der Waals surface area contributed by atoms with E-state index in [2.05, 4.69) is 15.0 Å². The van der Waals surface area contributed by atoms with Crippen molar-refractivity contribution in [3.05, 3.63) is 34.8 Å². The molecule has 7 nitrogen and oxygen atoms in total. The maximum atomic E-state index is 13.0. The van der Waals surface area contributed by atoms with Crippen LogP contribution in [0.25, 0.3) is 0 Å². The van der Waals surface area contributed by atoms with Crippen LogP contribution in [0.15, 0.2) is 24.1 Å². The van der Waals surface area contributed by atoms with Gasteiger partial charge in [0.25, 0.3) is 5.91 Å². The van der Waals surface area contributed by atoms with Crippen LogP contribution in [-0.2, 0) is 4.79 Å². The number of carbonyl (C=O) groups excluding carboxylic acids is 2. The van der Waals surface area contributed by atoms with Crippen LogP contribution in [0.4, 0.5) is 5.69 Å². The van der Waals surface area contributed by atoms with Gasteiger partial charge in [0.1, 0.15) is 12.0 Å². The second kappa shape index (κ2) is 6.18. The number of anilines is 1. The Bertz CT molecular complexity index is 798. The lowest BCUT2D eigenvalue weighted by Crippen LogP contribution is -2.46. The Kier molecular flexibility index (Phi) is 3.99. The number of likely N-dealkylation sites (tertiary alicyclic amines) is 1. The van der Waals surface area contributed by atoms with Gasteiger partial charge in [-0.15, -0.1) is 11.3 Å². The zero-order valence-electron chi connectivity index (χ0n) is 14.0. The van der Waals surface area contributed by atoms with Crippen molar-refractivity contribution in [3.63, 3.8) is 0 Å². The Morgan fingerprint density at radius 3 is 2.48 bits per heavy atom. The summed E-state index contributed by atoms with van der Waals surface area (Å²) in [5.41, 5.74) is 0.907. The van der Waals surface area contributed by atoms with Gasteiger partial charge in [0.05, 0.1) is 28.5 Å². The molecule has 0 radical (unpaired) electrons. The summed E-state index contributed by atoms with van der Waals surface area (Å²) in [5, 5.41) is 2.70. The summed E-state index contributed by atoms with van der Waals surface area (Å²) < 4.78 is 0. The van der Waals surface area contributed by atoms with E-state index in [1.54, 1.807) is 22.7 Å². The lowest BCUT2D eigenvalue weighted by atomic mass is 9.77. The molecule has 0 atom stereocenters. The molecule has 0 saturated carbocycles. The highest BCUT2D eigenvalue weighted by Gasteiger charge is 2.49. The van der Waals surface area contributed by atoms with Gasteiger partial charge in [-0.05, 0) is 26.2 Å². The molecule has 4 heterocycles. The van der Waals surface area contributed by atoms with Gasteiger partial charge < -0.3 is 9.80 Å². The average Bonchev–Trinajstić information content (AvgIpc) is 3.21. The number of amides is 2. The Labute approximate surface area is 149 Å². The van der Waals surface area contributed by atoms with Gasteiger partial charge in [0.2, 0.25) is 5.91 Å². The average molecular weight is 357 g/mol. The topological polar surface area (TPSA) is 79.3 Å². The molecule has 2 amide bonds. The number of carbonyl (C=O) groups is 2. The summed E-state index contributed by atoms with van der Waals surface area (Å²) >= 11 is 1.48. The number of piperidine rings is 1. The number of hydrogen-bond donors (Lipinski definition) is 0. The first-order valence-corrected chi connectivity index (χ1v) is 9.25. The van der Waals surface area contributed by atoms with E-state index >= 15 is 0 Å². The van der Waals surface area contributed by atoms with Crippen LogP contribution < -0.4 is 4.90 Å². The fourth-order valence-electron chi connectivity index (χ4n) is 3.72. The molecule has 2 aromatic rings. The van der Waals surface area contributed by atoms with Crippen molar-refractivity contribution in [3.8, 4) is 0 Å². The van der Waals surface area contributed by atoms with Crippen LogP contribution in [0.5, 0.6) is 0 Å². The van der Waals surface area contributed by atoms with Crippen LogP contribution in [0.1, 0.15) is 34.8 Å². The zero-order valence-corrected chi connectivity index (χ0v) is 14.8. The smallest absolute Gasteiger partial charge is 0.273 e. The first-order chi connectivity index (χ1) is 12.1. The molecule has 0 aromatic carbocycles. The number of aryl methyl sites for hydroxylation is 1. The molecule has 0 aliphatic carbocycles. The summed E-state index contributed by atoms with van der Waals surface area (Å²) in [6, 6.07) is 0. The molecule has 4 rings (SSSR count). The lowest BCUT2D eigenvalue weighted by Gasteiger charge is -2.37. The molecular formula is C17H19N5O2S. The van der Waals surface area contributed by atoms with E-state index in [1.165, 1.54) is 17.7 Å². The van der Waals surface area contributed by atoms with Crippen molar-refractivity contribution in [2.75, 3.05) is 24.5 Å². The SMILES string of the molecule is Cc1nc(C(=O)N2CCC3(CC2)CCN(c2cncnc2)C3=O)cs1. The van der Waals surface area contributed by atoms with Crippen molar-refractivity contribution >= 4 is 28.8 Å². The Morgan fingerprint density at radius 2 is 1.84 bits per heavy atom. The van der Waals surface area contributed by atoms with E-state index < -0.39 is 0 Å². The third-order valence-corrected chi connectivity index (χ3v) is 5.99. The summed E-state index contributed by atoms with van der Waals surface area (Å²) in [4.78, 5) is 41.4. The van der Waals surface area contributed by atoms with Gasteiger partial charge in [-0.25, -0.2) is 15.0 Å². The normalized spacial score (nSPS) is 19.6. The third-order valence-electron chi connectivity index (χ3n) is 5.22. The van der Waals surface area contributed by atoms with Crippen LogP contribution in [0.2, 0.25) is 0 Å². The molecule has 25 heavy (non-hydrogen) atoms. The number of thiazole rings is 1. The van der Waals surface area contributed by atoms with Crippen molar-refractivity contribution in [1.29, 1.82) is 0 Å². The molecule has 0 N–H and O–H groups in total. The van der Waals surface area contributed by atoms with E-state index in [0.717, 1.165) is 17.1 Å². The van der Waals surface area contributed by atoms with E-state index in [9.17, 15) is 9.59 Å². The number of nitrogens with zero attached hydrogens (tertiary/aromatic N) is 5. The van der Waals surface area contributed by atoms with Gasteiger partial charge in [0.15, 0.2) is 0 Å². The number of aromatic nitrogens is 3. The number of hydrogen-bond acceptors (Lipinski definition) is 6. The summed E-state index contributed by atoms with van der Waals surface area (Å²) in [5.74, 6) is 0.108. The van der Waals surface area contributed by atoms with Crippen LogP contribution in [0, 0.1) is 12.3 Å². The van der Waals surface area contributed by atoms with Gasteiger partial charge in [-0.3, -0.25) is 9.59 Å². The van der Waals surface area contributed by atoms with Gasteiger partial charge >= 0.3 is 0 Å². The summed E-state index contributed by atoms with van der Waals surface area (Å²) in [6.07, 6.45) is 7.03. The summed E-state index contributed by atoms with van der Waals surface area (Å²) in [6.45, 7) is 3.78. The molecule has 2 saturated heterocycles. The van der Waals surface area contributed by atoms with Crippen LogP contribution >= 0.6 is 11.3 Å². The predicted octanol–water partition coefficient (Wildman–Crippen LogP) is 1.90. The largest absolute Gasteiger partial charge is 0.337 e. The predicted molar refractivity (Wildman–Crippen MR) is 93.4 cm³/mol. The summed E-state index contributed by atoms with van der Waals surface area (Å²) in [7, 11) is 0. The highest BCUT2D eigenvalue weighted by atomic mass is 32.1. The maximum absolute atomic E-state index is 13.0. The Hall–Kier alpha value is -2.35. The monoisotopic (exact) mass is 357 g/mol. The maximum Gasteiger partial charge on any atom is 0.273 e. The molecule has 2 fully saturated rings. The highest BCUT2D eigenvalue weighted by molar-refractivity contribution is 7.09. The molecular weight excluding hydrogens is 338 g/mol. The minimum atomic E-state index is -0.357. The van der Waals surface area contributed by atoms with Crippen molar-refractivity contribution in [2.45, 2.75) is 26.2 Å². The molecule has 2 aliphatic rings. The fraction of sp³-hybridized carbons (Fsp3) is 0.471. The van der Waals surface area contributed by atoms with E-state index in [0.29, 0.717) is 38.2 Å². The zero-order chi connectivity index (χ0) is 17.4. The molecule has 8 heteroatoms. The van der Waals surface area contributed by atoms with E-state index in [4.69, 9.17) is 0 Å². The van der Waals surface area contributed by atoms with Crippen molar-refractivity contribution in [2.24, 2.45) is 5.41 Å². The number of rotatable bonds is 2. The fourth-order valence-corrected chi connectivity index (χ4v) is 4.31.